The van der Waals surface area contributed by atoms with Crippen LogP contribution in [0.5, 0.6) is 5.75 Å². The second kappa shape index (κ2) is 4.47. The molecule has 0 aromatic heterocycles. The highest BCUT2D eigenvalue weighted by molar-refractivity contribution is 5.27. The predicted molar refractivity (Wildman–Crippen MR) is 57.7 cm³/mol. The van der Waals surface area contributed by atoms with Crippen LogP contribution in [0.25, 0.3) is 0 Å². The Balaban J connectivity index is 1.95. The van der Waals surface area contributed by atoms with Gasteiger partial charge in [0.2, 0.25) is 0 Å². The van der Waals surface area contributed by atoms with E-state index in [4.69, 9.17) is 4.74 Å². The van der Waals surface area contributed by atoms with Crippen LogP contribution in [-0.4, -0.2) is 19.2 Å². The Morgan fingerprint density at radius 2 is 2.36 bits per heavy atom. The van der Waals surface area contributed by atoms with Crippen LogP contribution in [0.3, 0.4) is 0 Å². The first-order chi connectivity index (χ1) is 6.84. The normalized spacial score (nSPS) is 21.9. The molecule has 0 amide bonds. The molecular weight excluding hydrogens is 174 g/mol. The summed E-state index contributed by atoms with van der Waals surface area (Å²) in [4.78, 5) is 0. The summed E-state index contributed by atoms with van der Waals surface area (Å²) in [5, 5.41) is 3.34. The molecule has 1 atom stereocenters. The van der Waals surface area contributed by atoms with Crippen molar-refractivity contribution in [2.75, 3.05) is 13.1 Å². The van der Waals surface area contributed by atoms with Gasteiger partial charge in [0, 0.05) is 6.54 Å². The highest BCUT2D eigenvalue weighted by atomic mass is 16.5. The van der Waals surface area contributed by atoms with Gasteiger partial charge in [-0.05, 0) is 44.0 Å². The summed E-state index contributed by atoms with van der Waals surface area (Å²) in [5.74, 6) is 0.999. The van der Waals surface area contributed by atoms with E-state index in [1.54, 1.807) is 0 Å². The van der Waals surface area contributed by atoms with Gasteiger partial charge in [0.1, 0.15) is 11.9 Å². The minimum absolute atomic E-state index is 0.352. The zero-order valence-electron chi connectivity index (χ0n) is 8.62. The van der Waals surface area contributed by atoms with Crippen LogP contribution in [0.4, 0.5) is 0 Å². The van der Waals surface area contributed by atoms with Gasteiger partial charge in [-0.3, -0.25) is 0 Å². The van der Waals surface area contributed by atoms with Gasteiger partial charge in [0.05, 0.1) is 0 Å². The number of rotatable bonds is 2. The quantitative estimate of drug-likeness (QED) is 0.773. The second-order valence-corrected chi connectivity index (χ2v) is 3.90. The average molecular weight is 191 g/mol. The number of benzene rings is 1. The fourth-order valence-electron chi connectivity index (χ4n) is 1.80. The first-order valence-corrected chi connectivity index (χ1v) is 5.28. The van der Waals surface area contributed by atoms with Crippen molar-refractivity contribution in [1.82, 2.24) is 5.32 Å². The maximum Gasteiger partial charge on any atom is 0.120 e. The molecule has 2 rings (SSSR count). The highest BCUT2D eigenvalue weighted by Crippen LogP contribution is 2.16. The number of hydrogen-bond donors (Lipinski definition) is 1. The zero-order chi connectivity index (χ0) is 9.80. The molecule has 1 aromatic rings. The third-order valence-corrected chi connectivity index (χ3v) is 2.54. The van der Waals surface area contributed by atoms with Crippen molar-refractivity contribution in [2.24, 2.45) is 0 Å². The van der Waals surface area contributed by atoms with Gasteiger partial charge in [-0.15, -0.1) is 0 Å². The Labute approximate surface area is 85.3 Å². The molecule has 1 saturated heterocycles. The van der Waals surface area contributed by atoms with E-state index in [1.807, 2.05) is 12.1 Å². The molecule has 1 fully saturated rings. The molecule has 1 aliphatic rings. The van der Waals surface area contributed by atoms with E-state index in [9.17, 15) is 0 Å². The predicted octanol–water partition coefficient (Wildman–Crippen LogP) is 2.13. The van der Waals surface area contributed by atoms with Gasteiger partial charge in [-0.25, -0.2) is 0 Å². The molecule has 14 heavy (non-hydrogen) atoms. The lowest BCUT2D eigenvalue weighted by molar-refractivity contribution is 0.167. The van der Waals surface area contributed by atoms with Crippen LogP contribution in [0.15, 0.2) is 24.3 Å². The average Bonchev–Trinajstić information content (AvgIpc) is 2.19. The van der Waals surface area contributed by atoms with Crippen LogP contribution in [0.1, 0.15) is 18.4 Å². The number of hydrogen-bond acceptors (Lipinski definition) is 2. The first-order valence-electron chi connectivity index (χ1n) is 5.28. The maximum atomic E-state index is 5.87. The standard InChI is InChI=1S/C12H17NO/c1-10-4-2-5-11(8-10)14-12-6-3-7-13-9-12/h2,4-5,8,12-13H,3,6-7,9H2,1H3. The summed E-state index contributed by atoms with van der Waals surface area (Å²) in [6.07, 6.45) is 2.74. The van der Waals surface area contributed by atoms with Gasteiger partial charge in [0.15, 0.2) is 0 Å². The molecule has 1 aliphatic heterocycles. The lowest BCUT2D eigenvalue weighted by atomic mass is 10.1. The van der Waals surface area contributed by atoms with Crippen LogP contribution in [0, 0.1) is 6.92 Å². The lowest BCUT2D eigenvalue weighted by Gasteiger charge is -2.24. The summed E-state index contributed by atoms with van der Waals surface area (Å²) >= 11 is 0. The van der Waals surface area contributed by atoms with Crippen molar-refractivity contribution in [3.05, 3.63) is 29.8 Å². The Bertz CT molecular complexity index is 292. The highest BCUT2D eigenvalue weighted by Gasteiger charge is 2.13. The summed E-state index contributed by atoms with van der Waals surface area (Å²) in [7, 11) is 0. The van der Waals surface area contributed by atoms with Crippen LogP contribution in [0.2, 0.25) is 0 Å². The molecule has 0 saturated carbocycles. The first kappa shape index (κ1) is 9.53. The largest absolute Gasteiger partial charge is 0.489 e. The Hall–Kier alpha value is -1.02. The van der Waals surface area contributed by atoms with Gasteiger partial charge < -0.3 is 10.1 Å². The molecule has 76 valence electrons. The molecule has 0 spiro atoms. The maximum absolute atomic E-state index is 5.87. The topological polar surface area (TPSA) is 21.3 Å². The Kier molecular flexibility index (Phi) is 3.04. The van der Waals surface area contributed by atoms with E-state index in [0.29, 0.717) is 6.10 Å². The van der Waals surface area contributed by atoms with Crippen LogP contribution < -0.4 is 10.1 Å². The third-order valence-electron chi connectivity index (χ3n) is 2.54. The van der Waals surface area contributed by atoms with E-state index < -0.39 is 0 Å². The lowest BCUT2D eigenvalue weighted by Crippen LogP contribution is -2.37. The van der Waals surface area contributed by atoms with Gasteiger partial charge in [-0.1, -0.05) is 12.1 Å². The van der Waals surface area contributed by atoms with E-state index in [2.05, 4.69) is 24.4 Å². The summed E-state index contributed by atoms with van der Waals surface area (Å²) in [6, 6.07) is 8.25. The molecule has 0 bridgehead atoms. The van der Waals surface area contributed by atoms with Crippen molar-refractivity contribution >= 4 is 0 Å². The molecular formula is C12H17NO. The third kappa shape index (κ3) is 2.48. The van der Waals surface area contributed by atoms with Crippen LogP contribution in [-0.2, 0) is 0 Å². The van der Waals surface area contributed by atoms with Crippen molar-refractivity contribution < 1.29 is 4.74 Å². The number of ether oxygens (including phenoxy) is 1. The molecule has 1 aromatic carbocycles. The second-order valence-electron chi connectivity index (χ2n) is 3.90. The molecule has 1 heterocycles. The minimum atomic E-state index is 0.352. The zero-order valence-corrected chi connectivity index (χ0v) is 8.62. The van der Waals surface area contributed by atoms with Crippen LogP contribution >= 0.6 is 0 Å². The molecule has 2 heteroatoms. The van der Waals surface area contributed by atoms with E-state index in [0.717, 1.165) is 18.8 Å². The molecule has 1 unspecified atom stereocenters. The number of aryl methyl sites for hydroxylation is 1. The SMILES string of the molecule is Cc1cccc(OC2CCCNC2)c1. The monoisotopic (exact) mass is 191 g/mol. The van der Waals surface area contributed by atoms with E-state index in [-0.39, 0.29) is 0 Å². The fourth-order valence-corrected chi connectivity index (χ4v) is 1.80. The number of piperidine rings is 1. The Morgan fingerprint density at radius 1 is 1.43 bits per heavy atom. The molecule has 2 nitrogen and oxygen atoms in total. The minimum Gasteiger partial charge on any atom is -0.489 e. The van der Waals surface area contributed by atoms with Crippen molar-refractivity contribution in [2.45, 2.75) is 25.9 Å². The molecule has 1 N–H and O–H groups in total. The van der Waals surface area contributed by atoms with Crippen molar-refractivity contribution in [1.29, 1.82) is 0 Å². The summed E-state index contributed by atoms with van der Waals surface area (Å²) in [5.41, 5.74) is 1.26. The molecule has 0 radical (unpaired) electrons. The van der Waals surface area contributed by atoms with Gasteiger partial charge in [-0.2, -0.15) is 0 Å². The smallest absolute Gasteiger partial charge is 0.120 e. The summed E-state index contributed by atoms with van der Waals surface area (Å²) < 4.78 is 5.87. The van der Waals surface area contributed by atoms with E-state index >= 15 is 0 Å². The number of nitrogens with one attached hydrogen (secondary N) is 1. The van der Waals surface area contributed by atoms with Gasteiger partial charge in [0.25, 0.3) is 0 Å². The Morgan fingerprint density at radius 3 is 3.07 bits per heavy atom. The van der Waals surface area contributed by atoms with Crippen molar-refractivity contribution in [3.63, 3.8) is 0 Å². The molecule has 0 aliphatic carbocycles. The fraction of sp³-hybridized carbons (Fsp3) is 0.500. The van der Waals surface area contributed by atoms with E-state index in [1.165, 1.54) is 18.4 Å². The summed E-state index contributed by atoms with van der Waals surface area (Å²) in [6.45, 7) is 4.20. The van der Waals surface area contributed by atoms with Crippen molar-refractivity contribution in [3.8, 4) is 5.75 Å². The van der Waals surface area contributed by atoms with Gasteiger partial charge >= 0.3 is 0 Å².